The van der Waals surface area contributed by atoms with Crippen LogP contribution in [-0.2, 0) is 4.74 Å². The smallest absolute Gasteiger partial charge is 0.191 e. The molecular weight excluding hydrogens is 310 g/mol. The third-order valence-corrected chi connectivity index (χ3v) is 4.15. The van der Waals surface area contributed by atoms with Crippen molar-refractivity contribution in [1.82, 2.24) is 10.6 Å². The molecule has 0 fully saturated rings. The minimum Gasteiger partial charge on any atom is -0.383 e. The summed E-state index contributed by atoms with van der Waals surface area (Å²) in [6.07, 6.45) is 0.993. The van der Waals surface area contributed by atoms with Crippen LogP contribution in [0.25, 0.3) is 0 Å². The summed E-state index contributed by atoms with van der Waals surface area (Å²) in [6, 6.07) is 21.6. The molecule has 1 unspecified atom stereocenters. The number of nitrogens with one attached hydrogen (secondary N) is 2. The van der Waals surface area contributed by atoms with Crippen LogP contribution in [0.3, 0.4) is 0 Å². The first-order chi connectivity index (χ1) is 12.2. The van der Waals surface area contributed by atoms with Crippen molar-refractivity contribution < 1.29 is 4.74 Å². The van der Waals surface area contributed by atoms with E-state index in [0.717, 1.165) is 18.9 Å². The summed E-state index contributed by atoms with van der Waals surface area (Å²) in [5.41, 5.74) is 2.68. The van der Waals surface area contributed by atoms with Gasteiger partial charge in [-0.15, -0.1) is 0 Å². The van der Waals surface area contributed by atoms with E-state index in [2.05, 4.69) is 83.2 Å². The molecule has 2 N–H and O–H groups in total. The van der Waals surface area contributed by atoms with Crippen molar-refractivity contribution in [2.75, 3.05) is 27.3 Å². The molecule has 0 saturated heterocycles. The van der Waals surface area contributed by atoms with Crippen LogP contribution in [0, 0.1) is 0 Å². The van der Waals surface area contributed by atoms with Crippen molar-refractivity contribution in [3.63, 3.8) is 0 Å². The third kappa shape index (κ3) is 6.24. The van der Waals surface area contributed by atoms with Gasteiger partial charge >= 0.3 is 0 Å². The molecule has 0 radical (unpaired) electrons. The van der Waals surface area contributed by atoms with Crippen LogP contribution >= 0.6 is 0 Å². The fourth-order valence-corrected chi connectivity index (χ4v) is 2.95. The monoisotopic (exact) mass is 339 g/mol. The quantitative estimate of drug-likeness (QED) is 0.572. The maximum atomic E-state index is 5.16. The average Bonchev–Trinajstić information content (AvgIpc) is 2.66. The molecule has 4 nitrogen and oxygen atoms in total. The maximum Gasteiger partial charge on any atom is 0.191 e. The minimum absolute atomic E-state index is 0.218. The molecule has 0 amide bonds. The standard InChI is InChI=1S/C21H29N3O/c1-17(16-25-3)24-21(22-2)23-15-14-20(18-10-6-4-7-11-18)19-12-8-5-9-13-19/h4-13,17,20H,14-16H2,1-3H3,(H2,22,23,24). The first-order valence-electron chi connectivity index (χ1n) is 8.80. The average molecular weight is 339 g/mol. The zero-order chi connectivity index (χ0) is 17.9. The Labute approximate surface area is 151 Å². The Morgan fingerprint density at radius 1 is 1.00 bits per heavy atom. The first-order valence-corrected chi connectivity index (χ1v) is 8.80. The van der Waals surface area contributed by atoms with Gasteiger partial charge in [-0.2, -0.15) is 0 Å². The van der Waals surface area contributed by atoms with Crippen molar-refractivity contribution >= 4 is 5.96 Å². The lowest BCUT2D eigenvalue weighted by atomic mass is 9.88. The molecule has 0 spiro atoms. The van der Waals surface area contributed by atoms with Crippen molar-refractivity contribution in [1.29, 1.82) is 0 Å². The molecule has 4 heteroatoms. The van der Waals surface area contributed by atoms with Gasteiger partial charge in [-0.1, -0.05) is 60.7 Å². The summed E-state index contributed by atoms with van der Waals surface area (Å²) in [4.78, 5) is 4.29. The van der Waals surface area contributed by atoms with E-state index in [9.17, 15) is 0 Å². The number of benzene rings is 2. The number of rotatable bonds is 8. The minimum atomic E-state index is 0.218. The molecule has 0 bridgehead atoms. The normalized spacial score (nSPS) is 12.9. The molecule has 1 atom stereocenters. The number of hydrogen-bond donors (Lipinski definition) is 2. The van der Waals surface area contributed by atoms with Crippen LogP contribution in [0.4, 0.5) is 0 Å². The second-order valence-corrected chi connectivity index (χ2v) is 6.16. The van der Waals surface area contributed by atoms with Gasteiger partial charge in [0.2, 0.25) is 0 Å². The lowest BCUT2D eigenvalue weighted by molar-refractivity contribution is 0.179. The van der Waals surface area contributed by atoms with Gasteiger partial charge in [-0.05, 0) is 24.5 Å². The Morgan fingerprint density at radius 2 is 1.56 bits per heavy atom. The summed E-state index contributed by atoms with van der Waals surface area (Å²) in [5.74, 6) is 1.17. The number of methoxy groups -OCH3 is 1. The molecule has 2 aromatic rings. The molecule has 0 aromatic heterocycles. The second-order valence-electron chi connectivity index (χ2n) is 6.16. The zero-order valence-corrected chi connectivity index (χ0v) is 15.4. The zero-order valence-electron chi connectivity index (χ0n) is 15.4. The van der Waals surface area contributed by atoms with Crippen LogP contribution in [0.2, 0.25) is 0 Å². The largest absolute Gasteiger partial charge is 0.383 e. The Kier molecular flexibility index (Phi) is 7.99. The molecule has 0 aliphatic heterocycles. The topological polar surface area (TPSA) is 45.7 Å². The first kappa shape index (κ1) is 19.0. The SMILES string of the molecule is CN=C(NCCC(c1ccccc1)c1ccccc1)NC(C)COC. The van der Waals surface area contributed by atoms with Crippen LogP contribution in [0.15, 0.2) is 65.7 Å². The van der Waals surface area contributed by atoms with Crippen molar-refractivity contribution in [2.45, 2.75) is 25.3 Å². The third-order valence-electron chi connectivity index (χ3n) is 4.15. The summed E-state index contributed by atoms with van der Waals surface area (Å²) in [7, 11) is 3.50. The summed E-state index contributed by atoms with van der Waals surface area (Å²) >= 11 is 0. The lowest BCUT2D eigenvalue weighted by Gasteiger charge is -2.21. The predicted molar refractivity (Wildman–Crippen MR) is 105 cm³/mol. The highest BCUT2D eigenvalue weighted by atomic mass is 16.5. The van der Waals surface area contributed by atoms with E-state index in [4.69, 9.17) is 4.74 Å². The number of ether oxygens (including phenoxy) is 1. The van der Waals surface area contributed by atoms with E-state index in [1.807, 2.05) is 0 Å². The van der Waals surface area contributed by atoms with Gasteiger partial charge in [0.05, 0.1) is 6.61 Å². The molecule has 0 saturated carbocycles. The van der Waals surface area contributed by atoms with Crippen LogP contribution in [-0.4, -0.2) is 39.3 Å². The van der Waals surface area contributed by atoms with Gasteiger partial charge < -0.3 is 15.4 Å². The van der Waals surface area contributed by atoms with Gasteiger partial charge in [0.15, 0.2) is 5.96 Å². The Hall–Kier alpha value is -2.33. The fourth-order valence-electron chi connectivity index (χ4n) is 2.95. The van der Waals surface area contributed by atoms with Crippen LogP contribution in [0.5, 0.6) is 0 Å². The molecule has 2 rings (SSSR count). The van der Waals surface area contributed by atoms with E-state index in [0.29, 0.717) is 12.5 Å². The molecule has 2 aromatic carbocycles. The van der Waals surface area contributed by atoms with Gasteiger partial charge in [0, 0.05) is 32.7 Å². The lowest BCUT2D eigenvalue weighted by Crippen LogP contribution is -2.44. The molecule has 0 aliphatic rings. The predicted octanol–water partition coefficient (Wildman–Crippen LogP) is 3.41. The maximum absolute atomic E-state index is 5.16. The van der Waals surface area contributed by atoms with Crippen LogP contribution in [0.1, 0.15) is 30.4 Å². The molecule has 134 valence electrons. The Morgan fingerprint density at radius 3 is 2.04 bits per heavy atom. The van der Waals surface area contributed by atoms with E-state index < -0.39 is 0 Å². The van der Waals surface area contributed by atoms with E-state index in [1.165, 1.54) is 11.1 Å². The van der Waals surface area contributed by atoms with Crippen molar-refractivity contribution in [3.8, 4) is 0 Å². The number of guanidine groups is 1. The second kappa shape index (κ2) is 10.5. The van der Waals surface area contributed by atoms with E-state index in [-0.39, 0.29) is 6.04 Å². The van der Waals surface area contributed by atoms with Gasteiger partial charge in [-0.25, -0.2) is 0 Å². The van der Waals surface area contributed by atoms with E-state index >= 15 is 0 Å². The van der Waals surface area contributed by atoms with Crippen LogP contribution < -0.4 is 10.6 Å². The van der Waals surface area contributed by atoms with E-state index in [1.54, 1.807) is 14.2 Å². The Bertz CT molecular complexity index is 589. The number of aliphatic imine (C=N–C) groups is 1. The molecule has 25 heavy (non-hydrogen) atoms. The summed E-state index contributed by atoms with van der Waals surface area (Å²) in [5, 5.41) is 6.75. The summed E-state index contributed by atoms with van der Waals surface area (Å²) in [6.45, 7) is 3.57. The highest BCUT2D eigenvalue weighted by molar-refractivity contribution is 5.79. The fraction of sp³-hybridized carbons (Fsp3) is 0.381. The number of hydrogen-bond acceptors (Lipinski definition) is 2. The molecular formula is C21H29N3O. The van der Waals surface area contributed by atoms with Gasteiger partial charge in [0.1, 0.15) is 0 Å². The Balaban J connectivity index is 1.99. The highest BCUT2D eigenvalue weighted by Crippen LogP contribution is 2.27. The van der Waals surface area contributed by atoms with Crippen molar-refractivity contribution in [2.24, 2.45) is 4.99 Å². The highest BCUT2D eigenvalue weighted by Gasteiger charge is 2.14. The number of nitrogens with zero attached hydrogens (tertiary/aromatic N) is 1. The molecule has 0 heterocycles. The van der Waals surface area contributed by atoms with Crippen molar-refractivity contribution in [3.05, 3.63) is 71.8 Å². The summed E-state index contributed by atoms with van der Waals surface area (Å²) < 4.78 is 5.16. The molecule has 0 aliphatic carbocycles. The van der Waals surface area contributed by atoms with Gasteiger partial charge in [0.25, 0.3) is 0 Å². The van der Waals surface area contributed by atoms with Gasteiger partial charge in [-0.3, -0.25) is 4.99 Å².